The summed E-state index contributed by atoms with van der Waals surface area (Å²) in [6, 6.07) is 14.1. The van der Waals surface area contributed by atoms with Gasteiger partial charge in [-0.05, 0) is 49.9 Å². The number of carbonyl (C=O) groups is 3. The van der Waals surface area contributed by atoms with Crippen LogP contribution in [0.1, 0.15) is 52.8 Å². The summed E-state index contributed by atoms with van der Waals surface area (Å²) in [5.74, 6) is -1.82. The van der Waals surface area contributed by atoms with E-state index in [0.29, 0.717) is 0 Å². The molecule has 0 spiro atoms. The molecule has 146 valence electrons. The highest BCUT2D eigenvalue weighted by molar-refractivity contribution is 5.94. The molecule has 28 heavy (non-hydrogen) atoms. The zero-order valence-corrected chi connectivity index (χ0v) is 15.2. The summed E-state index contributed by atoms with van der Waals surface area (Å²) in [5.41, 5.74) is 0.167. The summed E-state index contributed by atoms with van der Waals surface area (Å²) in [4.78, 5) is 45.3. The molecule has 0 amide bonds. The van der Waals surface area contributed by atoms with Crippen LogP contribution in [0, 0.1) is 0 Å². The molecule has 7 heteroatoms. The van der Waals surface area contributed by atoms with E-state index < -0.39 is 18.1 Å². The molecule has 3 rings (SSSR count). The largest absolute Gasteiger partial charge is 0.514 e. The van der Waals surface area contributed by atoms with Crippen molar-refractivity contribution in [2.75, 3.05) is 0 Å². The molecule has 1 saturated carbocycles. The van der Waals surface area contributed by atoms with Crippen LogP contribution in [0.4, 0.5) is 4.79 Å². The predicted molar refractivity (Wildman–Crippen MR) is 97.7 cm³/mol. The monoisotopic (exact) mass is 384 g/mol. The van der Waals surface area contributed by atoms with E-state index in [1.165, 1.54) is 24.3 Å². The number of hydrogen-bond donors (Lipinski definition) is 0. The maximum atomic E-state index is 12.2. The fourth-order valence-electron chi connectivity index (χ4n) is 2.90. The molecule has 0 radical (unpaired) electrons. The first-order chi connectivity index (χ1) is 13.6. The van der Waals surface area contributed by atoms with Crippen LogP contribution < -0.4 is 4.74 Å². The third-order valence-corrected chi connectivity index (χ3v) is 4.32. The van der Waals surface area contributed by atoms with Crippen molar-refractivity contribution in [3.8, 4) is 5.75 Å². The highest BCUT2D eigenvalue weighted by Crippen LogP contribution is 2.23. The normalized spacial score (nSPS) is 14.0. The van der Waals surface area contributed by atoms with Crippen LogP contribution in [0.5, 0.6) is 5.75 Å². The van der Waals surface area contributed by atoms with Gasteiger partial charge in [-0.2, -0.15) is 0 Å². The Morgan fingerprint density at radius 3 is 2.14 bits per heavy atom. The summed E-state index contributed by atoms with van der Waals surface area (Å²) in [6.45, 7) is 0. The average Bonchev–Trinajstić information content (AvgIpc) is 2.73. The lowest BCUT2D eigenvalue weighted by Gasteiger charge is -2.21. The van der Waals surface area contributed by atoms with E-state index in [-0.39, 0.29) is 23.0 Å². The van der Waals surface area contributed by atoms with Crippen molar-refractivity contribution >= 4 is 18.1 Å². The quantitative estimate of drug-likeness (QED) is 0.333. The van der Waals surface area contributed by atoms with Crippen LogP contribution in [0.15, 0.2) is 54.6 Å². The van der Waals surface area contributed by atoms with Gasteiger partial charge >= 0.3 is 18.1 Å². The summed E-state index contributed by atoms with van der Waals surface area (Å²) in [5, 5.41) is 0. The Morgan fingerprint density at radius 1 is 0.750 bits per heavy atom. The molecule has 1 fully saturated rings. The maximum Gasteiger partial charge on any atom is 0.514 e. The van der Waals surface area contributed by atoms with Gasteiger partial charge in [0.15, 0.2) is 0 Å². The van der Waals surface area contributed by atoms with E-state index >= 15 is 0 Å². The molecule has 1 aliphatic carbocycles. The molecule has 0 atom stereocenters. The van der Waals surface area contributed by atoms with E-state index in [0.717, 1.165) is 32.1 Å². The molecule has 0 heterocycles. The fraction of sp³-hybridized carbons (Fsp3) is 0.286. The lowest BCUT2D eigenvalue weighted by molar-refractivity contribution is -0.187. The Morgan fingerprint density at radius 2 is 1.39 bits per heavy atom. The molecule has 2 aromatic carbocycles. The van der Waals surface area contributed by atoms with Crippen molar-refractivity contribution in [1.29, 1.82) is 0 Å². The number of rotatable bonds is 4. The van der Waals surface area contributed by atoms with Crippen molar-refractivity contribution in [2.24, 2.45) is 0 Å². The van der Waals surface area contributed by atoms with Crippen molar-refractivity contribution in [3.05, 3.63) is 65.7 Å². The Balaban J connectivity index is 1.58. The van der Waals surface area contributed by atoms with Crippen molar-refractivity contribution in [1.82, 2.24) is 0 Å². The number of hydrogen-bond acceptors (Lipinski definition) is 7. The van der Waals surface area contributed by atoms with Gasteiger partial charge in [0.1, 0.15) is 17.4 Å². The summed E-state index contributed by atoms with van der Waals surface area (Å²) >= 11 is 0. The average molecular weight is 384 g/mol. The van der Waals surface area contributed by atoms with E-state index in [1.54, 1.807) is 30.3 Å². The van der Waals surface area contributed by atoms with Gasteiger partial charge < -0.3 is 9.47 Å². The molecule has 2 aromatic rings. The first-order valence-corrected chi connectivity index (χ1v) is 9.09. The summed E-state index contributed by atoms with van der Waals surface area (Å²) < 4.78 is 10.4. The van der Waals surface area contributed by atoms with Gasteiger partial charge in [0.25, 0.3) is 0 Å². The van der Waals surface area contributed by atoms with Gasteiger partial charge in [-0.25, -0.2) is 24.2 Å². The minimum absolute atomic E-state index is 0.0379. The molecule has 0 saturated heterocycles. The molecular formula is C21H20O7. The Bertz CT molecular complexity index is 826. The first kappa shape index (κ1) is 19.4. The molecule has 1 aliphatic rings. The summed E-state index contributed by atoms with van der Waals surface area (Å²) in [6.07, 6.45) is 3.69. The number of carbonyl (C=O) groups excluding carboxylic acids is 3. The fourth-order valence-corrected chi connectivity index (χ4v) is 2.90. The van der Waals surface area contributed by atoms with Gasteiger partial charge in [-0.3, -0.25) is 0 Å². The van der Waals surface area contributed by atoms with Crippen LogP contribution in [0.3, 0.4) is 0 Å². The highest BCUT2D eigenvalue weighted by Gasteiger charge is 2.23. The molecule has 0 aromatic heterocycles. The van der Waals surface area contributed by atoms with Gasteiger partial charge in [0, 0.05) is 0 Å². The molecule has 0 bridgehead atoms. The zero-order valence-electron chi connectivity index (χ0n) is 15.2. The predicted octanol–water partition coefficient (Wildman–Crippen LogP) is 4.46. The lowest BCUT2D eigenvalue weighted by Crippen LogP contribution is -2.23. The van der Waals surface area contributed by atoms with E-state index in [1.807, 2.05) is 0 Å². The Labute approximate surface area is 162 Å². The number of para-hydroxylation sites is 1. The van der Waals surface area contributed by atoms with Gasteiger partial charge in [0.05, 0.1) is 5.56 Å². The van der Waals surface area contributed by atoms with Crippen molar-refractivity contribution < 1.29 is 33.6 Å². The van der Waals surface area contributed by atoms with E-state index in [2.05, 4.69) is 9.78 Å². The highest BCUT2D eigenvalue weighted by atomic mass is 17.2. The minimum Gasteiger partial charge on any atom is -0.431 e. The minimum atomic E-state index is -0.967. The number of benzene rings is 2. The molecule has 7 nitrogen and oxygen atoms in total. The third kappa shape index (κ3) is 5.33. The van der Waals surface area contributed by atoms with Crippen LogP contribution in [0.25, 0.3) is 0 Å². The first-order valence-electron chi connectivity index (χ1n) is 9.09. The lowest BCUT2D eigenvalue weighted by atomic mass is 9.98. The molecular weight excluding hydrogens is 364 g/mol. The Kier molecular flexibility index (Phi) is 6.62. The Hall–Kier alpha value is -3.35. The van der Waals surface area contributed by atoms with Crippen LogP contribution in [-0.2, 0) is 14.5 Å². The number of ether oxygens (including phenoxy) is 2. The standard InChI is InChI=1S/C21H20O7/c22-19(15-9-3-1-4-10-15)27-28-20(23)17-13-7-8-14-18(17)26-21(24)25-16-11-5-2-6-12-16/h1,3-4,7-10,13-14,16H,2,5-6,11-12H2. The van der Waals surface area contributed by atoms with Gasteiger partial charge in [-0.15, -0.1) is 0 Å². The second-order valence-corrected chi connectivity index (χ2v) is 6.33. The molecule has 0 N–H and O–H groups in total. The van der Waals surface area contributed by atoms with Crippen molar-refractivity contribution in [3.63, 3.8) is 0 Å². The third-order valence-electron chi connectivity index (χ3n) is 4.32. The topological polar surface area (TPSA) is 88.1 Å². The van der Waals surface area contributed by atoms with Gasteiger partial charge in [-0.1, -0.05) is 36.8 Å². The zero-order chi connectivity index (χ0) is 19.8. The maximum absolute atomic E-state index is 12.2. The van der Waals surface area contributed by atoms with Crippen LogP contribution in [0.2, 0.25) is 0 Å². The van der Waals surface area contributed by atoms with E-state index in [9.17, 15) is 14.4 Å². The van der Waals surface area contributed by atoms with Gasteiger partial charge in [0.2, 0.25) is 0 Å². The molecule has 0 unspecified atom stereocenters. The molecule has 0 aliphatic heterocycles. The smallest absolute Gasteiger partial charge is 0.431 e. The van der Waals surface area contributed by atoms with E-state index in [4.69, 9.17) is 9.47 Å². The van der Waals surface area contributed by atoms with Crippen LogP contribution >= 0.6 is 0 Å². The van der Waals surface area contributed by atoms with Crippen LogP contribution in [-0.4, -0.2) is 24.2 Å². The second kappa shape index (κ2) is 9.55. The second-order valence-electron chi connectivity index (χ2n) is 6.33. The SMILES string of the molecule is O=C(Oc1ccccc1C(=O)OOC(=O)c1ccccc1)OC1CCCCC1. The summed E-state index contributed by atoms with van der Waals surface area (Å²) in [7, 11) is 0. The van der Waals surface area contributed by atoms with Crippen molar-refractivity contribution in [2.45, 2.75) is 38.2 Å².